The number of ether oxygens (including phenoxy) is 2. The molecule has 4 unspecified atom stereocenters. The molecule has 0 saturated heterocycles. The fourth-order valence-electron chi connectivity index (χ4n) is 15.6. The van der Waals surface area contributed by atoms with Crippen LogP contribution in [0.3, 0.4) is 0 Å². The summed E-state index contributed by atoms with van der Waals surface area (Å²) in [5.74, 6) is -2.84. The summed E-state index contributed by atoms with van der Waals surface area (Å²) >= 11 is 0. The third-order valence-electron chi connectivity index (χ3n) is 22.2. The van der Waals surface area contributed by atoms with E-state index in [-0.39, 0.29) is 91.0 Å². The van der Waals surface area contributed by atoms with Crippen molar-refractivity contribution in [1.82, 2.24) is 5.32 Å². The Morgan fingerprint density at radius 1 is 0.466 bits per heavy atom. The highest BCUT2D eigenvalue weighted by atomic mass is 19.4. The van der Waals surface area contributed by atoms with Gasteiger partial charge in [-0.15, -0.1) is 0 Å². The van der Waals surface area contributed by atoms with Crippen LogP contribution < -0.4 is 10.1 Å². The van der Waals surface area contributed by atoms with E-state index in [0.717, 1.165) is 76.3 Å². The highest BCUT2D eigenvalue weighted by Gasteiger charge is 2.43. The summed E-state index contributed by atoms with van der Waals surface area (Å²) in [5.41, 5.74) is 1.57. The maximum atomic E-state index is 12.8. The Bertz CT molecular complexity index is 3440. The van der Waals surface area contributed by atoms with E-state index in [1.165, 1.54) is 29.3 Å². The number of carbonyl (C=O) groups excluding carboxylic acids is 2. The number of esters is 1. The number of aliphatic hydroxyl groups excluding tert-OH is 12. The van der Waals surface area contributed by atoms with Crippen molar-refractivity contribution in [2.45, 2.75) is 306 Å². The van der Waals surface area contributed by atoms with Crippen LogP contribution in [0.25, 0.3) is 0 Å². The van der Waals surface area contributed by atoms with Crippen molar-refractivity contribution in [3.8, 4) is 5.75 Å². The summed E-state index contributed by atoms with van der Waals surface area (Å²) < 4.78 is 48.6. The van der Waals surface area contributed by atoms with E-state index in [0.29, 0.717) is 116 Å². The number of amides is 1. The molecule has 4 aliphatic rings. The molecule has 0 heterocycles. The molecule has 3 aromatic rings. The van der Waals surface area contributed by atoms with E-state index in [9.17, 15) is 93.6 Å². The minimum absolute atomic E-state index is 0.00652. The van der Waals surface area contributed by atoms with Crippen LogP contribution in [0.2, 0.25) is 0 Å². The number of aryl methyl sites for hydroxylation is 2. The van der Waals surface area contributed by atoms with E-state index in [1.54, 1.807) is 18.2 Å². The van der Waals surface area contributed by atoms with Crippen LogP contribution in [0, 0.1) is 47.3 Å². The van der Waals surface area contributed by atoms with Gasteiger partial charge in [0.15, 0.2) is 0 Å². The molecule has 0 spiro atoms. The molecule has 118 heavy (non-hydrogen) atoms. The molecule has 7 rings (SSSR count). The first kappa shape index (κ1) is 103. The van der Waals surface area contributed by atoms with Crippen LogP contribution in [0.4, 0.5) is 13.2 Å². The van der Waals surface area contributed by atoms with Crippen molar-refractivity contribution in [3.05, 3.63) is 187 Å². The number of carboxylic acid groups (broad SMARTS) is 2. The van der Waals surface area contributed by atoms with E-state index in [4.69, 9.17) is 19.7 Å². The Hall–Kier alpha value is -7.17. The number of aliphatic hydroxyl groups is 12. The summed E-state index contributed by atoms with van der Waals surface area (Å²) in [4.78, 5) is 43.9. The zero-order valence-electron chi connectivity index (χ0n) is 69.8. The predicted octanol–water partition coefficient (Wildman–Crippen LogP) is 13.9. The highest BCUT2D eigenvalue weighted by Crippen LogP contribution is 2.41. The molecule has 21 nitrogen and oxygen atoms in total. The van der Waals surface area contributed by atoms with Crippen molar-refractivity contribution in [3.63, 3.8) is 0 Å². The second kappa shape index (κ2) is 58.7. The first-order valence-electron chi connectivity index (χ1n) is 43.0. The molecule has 0 bridgehead atoms. The third kappa shape index (κ3) is 42.9. The topological polar surface area (TPSA) is 382 Å². The number of benzene rings is 3. The molecule has 0 aromatic heterocycles. The van der Waals surface area contributed by atoms with Gasteiger partial charge in [-0.05, 0) is 208 Å². The molecule has 24 heteroatoms. The number of allylic oxidation sites excluding steroid dienone is 8. The quantitative estimate of drug-likeness (QED) is 0.0142. The average Bonchev–Trinajstić information content (AvgIpc) is 1.48. The number of unbranched alkanes of at least 4 members (excludes halogenated alkanes) is 6. The summed E-state index contributed by atoms with van der Waals surface area (Å²) in [5, 5.41) is 143. The number of carboxylic acids is 2. The molecule has 15 N–H and O–H groups in total. The van der Waals surface area contributed by atoms with Gasteiger partial charge < -0.3 is 86.3 Å². The van der Waals surface area contributed by atoms with Gasteiger partial charge in [-0.25, -0.2) is 0 Å². The van der Waals surface area contributed by atoms with Crippen LogP contribution in [-0.2, 0) is 42.9 Å². The first-order chi connectivity index (χ1) is 56.4. The molecule has 4 fully saturated rings. The van der Waals surface area contributed by atoms with Crippen LogP contribution >= 0.6 is 0 Å². The lowest BCUT2D eigenvalue weighted by Crippen LogP contribution is -2.23. The SMILES string of the molecule is CC(C)OC(=O)CCC/C=C\C[C@@H]1C(CC[C@@H](O)CCc2ccccc2)[C@H](O)C[C@@H]1O.CCCCC[C@H](O)/C=C/C1[C@H](O)C[C@H](O)[C@@H]1C/C=C\CCCC(=O)O.CCNC(=O)CCC/C=C\C[C@@H]1C(/C=C/[C@@H](O)CCc2ccccc2)[C@H](O)C[C@@H]1O.O=C(O)CCC/C=C\C[C@@H]1C(/C=C/[C@@H](O)COc2cccc(C(F)(F)F)c2)[C@H](O)C[C@@H]1O. The molecule has 20 atom stereocenters. The van der Waals surface area contributed by atoms with Crippen LogP contribution in [0.5, 0.6) is 5.75 Å². The van der Waals surface area contributed by atoms with Gasteiger partial charge in [-0.2, -0.15) is 13.2 Å². The highest BCUT2D eigenvalue weighted by molar-refractivity contribution is 5.75. The van der Waals surface area contributed by atoms with Crippen molar-refractivity contribution in [2.24, 2.45) is 47.3 Å². The molecular formula is C94H140F3NO20. The minimum Gasteiger partial charge on any atom is -0.491 e. The molecule has 3 aromatic carbocycles. The van der Waals surface area contributed by atoms with Crippen molar-refractivity contribution in [1.29, 1.82) is 0 Å². The van der Waals surface area contributed by atoms with Gasteiger partial charge in [-0.3, -0.25) is 19.2 Å². The maximum Gasteiger partial charge on any atom is 0.416 e. The minimum atomic E-state index is -4.49. The Labute approximate surface area is 697 Å². The van der Waals surface area contributed by atoms with Gasteiger partial charge in [0.1, 0.15) is 18.5 Å². The van der Waals surface area contributed by atoms with Crippen molar-refractivity contribution in [2.75, 3.05) is 13.2 Å². The maximum absolute atomic E-state index is 12.8. The molecule has 0 aliphatic heterocycles. The Morgan fingerprint density at radius 3 is 1.33 bits per heavy atom. The fraction of sp³-hybridized carbons (Fsp3) is 0.617. The van der Waals surface area contributed by atoms with Crippen LogP contribution in [-0.4, -0.2) is 188 Å². The normalized spacial score (nSPS) is 25.6. The number of rotatable bonds is 48. The number of hydrogen-bond donors (Lipinski definition) is 15. The van der Waals surface area contributed by atoms with Gasteiger partial charge >= 0.3 is 24.1 Å². The van der Waals surface area contributed by atoms with Gasteiger partial charge in [0, 0.05) is 69.2 Å². The second-order valence-electron chi connectivity index (χ2n) is 32.2. The Kier molecular flexibility index (Phi) is 51.4. The lowest BCUT2D eigenvalue weighted by Gasteiger charge is -2.23. The average molecular weight is 1660 g/mol. The van der Waals surface area contributed by atoms with Crippen LogP contribution in [0.15, 0.2) is 170 Å². The van der Waals surface area contributed by atoms with Crippen molar-refractivity contribution < 1.29 is 113 Å². The zero-order valence-corrected chi connectivity index (χ0v) is 69.8. The number of carbonyl (C=O) groups is 4. The smallest absolute Gasteiger partial charge is 0.416 e. The Morgan fingerprint density at radius 2 is 0.881 bits per heavy atom. The molecular weight excluding hydrogens is 1520 g/mol. The summed E-state index contributed by atoms with van der Waals surface area (Å²) in [6, 6.07) is 24.6. The monoisotopic (exact) mass is 1660 g/mol. The van der Waals surface area contributed by atoms with E-state index in [2.05, 4.69) is 30.4 Å². The van der Waals surface area contributed by atoms with Crippen LogP contribution in [0.1, 0.15) is 224 Å². The summed E-state index contributed by atoms with van der Waals surface area (Å²) in [6.45, 7) is 8.12. The number of alkyl halides is 3. The second-order valence-corrected chi connectivity index (χ2v) is 32.2. The zero-order chi connectivity index (χ0) is 86.8. The van der Waals surface area contributed by atoms with E-state index >= 15 is 0 Å². The molecule has 0 radical (unpaired) electrons. The van der Waals surface area contributed by atoms with Gasteiger partial charge in [0.2, 0.25) is 5.91 Å². The predicted molar refractivity (Wildman–Crippen MR) is 451 cm³/mol. The number of halogens is 3. The largest absolute Gasteiger partial charge is 0.491 e. The summed E-state index contributed by atoms with van der Waals surface area (Å²) in [6.07, 6.45) is 33.0. The van der Waals surface area contributed by atoms with Gasteiger partial charge in [0.05, 0.1) is 78.8 Å². The molecule has 1 amide bonds. The molecule has 4 aliphatic carbocycles. The van der Waals surface area contributed by atoms with E-state index < -0.39 is 103 Å². The van der Waals surface area contributed by atoms with Gasteiger partial charge in [0.25, 0.3) is 0 Å². The fourth-order valence-corrected chi connectivity index (χ4v) is 15.6. The lowest BCUT2D eigenvalue weighted by atomic mass is 9.85. The summed E-state index contributed by atoms with van der Waals surface area (Å²) in [7, 11) is 0. The van der Waals surface area contributed by atoms with E-state index in [1.807, 2.05) is 124 Å². The lowest BCUT2D eigenvalue weighted by molar-refractivity contribution is -0.147. The number of nitrogens with one attached hydrogen (secondary N) is 1. The van der Waals surface area contributed by atoms with Gasteiger partial charge in [-0.1, -0.05) is 178 Å². The van der Waals surface area contributed by atoms with Crippen molar-refractivity contribution >= 4 is 23.8 Å². The standard InChI is InChI=1S/C26H40O5.C25H37NO4.C23H29F3O6.C20H34O5/c1-19(2)31-26(30)13-9-4-3-8-12-22-23(25(29)18-24(22)28)17-16-21(27)15-14-20-10-6-5-7-11-20;1-2-26-25(30)13-9-4-3-8-12-21-22(24(29)18-23(21)28)17-16-20(27)15-14-19-10-6-5-7-11-19;24-23(25,26)15-6-5-7-17(12-15)32-14-16(27)10-11-19-18(20(28)13-21(19)29)8-3-1-2-4-9-22(30)31;1-2-3-6-9-15(21)12-13-17-16(18(22)14-19(17)23)10-7-4-5-8-11-20(24)25/h3,5-8,10-11,19,21-25,27-29H,4,9,12-18H2,1-2H3;3,5-8,10-11,16-17,20-24,27-29H,2,4,9,12-15,18H2,1H3,(H,26,30);1,3,5-7,10-12,16,18-21,27-29H,2,4,8-9,13-14H2,(H,30,31);4,7,12-13,15-19,21-23H,2-3,5-6,8-11,14H2,1H3,(H,24,25)/b8-3-;8-3-,17-16+;3-1-,11-10+;7-4-,13-12+/t21-,22+,23?,24-,25+;20-,21+,22?,23-,24+;16-,18-,19?,20+,21-;15-,16+,17?,18-,19+/m0010/s1. The number of aliphatic carboxylic acids is 2. The third-order valence-corrected chi connectivity index (χ3v) is 22.2. The number of hydrogen-bond acceptors (Lipinski definition) is 18. The molecule has 4 saturated carbocycles. The first-order valence-corrected chi connectivity index (χ1v) is 43.0. The Balaban J connectivity index is 0.000000332. The molecule has 662 valence electrons.